The molecule has 0 aliphatic rings. The Bertz CT molecular complexity index is 602. The molecule has 5 heteroatoms. The first-order valence-corrected chi connectivity index (χ1v) is 6.81. The summed E-state index contributed by atoms with van der Waals surface area (Å²) in [7, 11) is 0. The van der Waals surface area contributed by atoms with E-state index in [1.54, 1.807) is 0 Å². The van der Waals surface area contributed by atoms with E-state index in [2.05, 4.69) is 0 Å². The quantitative estimate of drug-likeness (QED) is 0.832. The Balaban J connectivity index is 2.21. The maximum atomic E-state index is 10.9. The summed E-state index contributed by atoms with van der Waals surface area (Å²) in [5, 5.41) is 12.0. The molecule has 2 aromatic carbocycles. The highest BCUT2D eigenvalue weighted by Crippen LogP contribution is 2.18. The van der Waals surface area contributed by atoms with Crippen LogP contribution >= 0.6 is 11.6 Å². The fourth-order valence-corrected chi connectivity index (χ4v) is 2.30. The van der Waals surface area contributed by atoms with E-state index in [9.17, 15) is 9.90 Å². The van der Waals surface area contributed by atoms with Crippen LogP contribution in [-0.4, -0.2) is 29.3 Å². The predicted molar refractivity (Wildman–Crippen MR) is 78.8 cm³/mol. The number of ether oxygens (including phenoxy) is 1. The van der Waals surface area contributed by atoms with Gasteiger partial charge in [-0.3, -0.25) is 0 Å². The van der Waals surface area contributed by atoms with Gasteiger partial charge in [-0.1, -0.05) is 42.5 Å². The molecule has 2 rings (SSSR count). The number of alkyl halides is 1. The van der Waals surface area contributed by atoms with Crippen molar-refractivity contribution in [3.8, 4) is 0 Å². The number of carbonyl (C=O) groups excluding carboxylic acids is 1. The molecule has 0 aliphatic heterocycles. The van der Waals surface area contributed by atoms with Gasteiger partial charge in [0.15, 0.2) is 0 Å². The maximum absolute atomic E-state index is 10.9. The van der Waals surface area contributed by atoms with Gasteiger partial charge in [-0.15, -0.1) is 11.6 Å². The molecule has 0 aromatic heterocycles. The van der Waals surface area contributed by atoms with Crippen molar-refractivity contribution in [2.75, 3.05) is 5.88 Å². The van der Waals surface area contributed by atoms with Crippen molar-refractivity contribution in [3.63, 3.8) is 0 Å². The number of aliphatic hydroxyl groups is 1. The molecule has 0 saturated heterocycles. The number of benzene rings is 2. The third-order valence-electron chi connectivity index (χ3n) is 3.11. The summed E-state index contributed by atoms with van der Waals surface area (Å²) >= 11 is 5.61. The molecule has 0 heterocycles. The van der Waals surface area contributed by atoms with Gasteiger partial charge in [0.05, 0.1) is 5.88 Å². The molecule has 106 valence electrons. The van der Waals surface area contributed by atoms with E-state index in [-0.39, 0.29) is 5.88 Å². The summed E-state index contributed by atoms with van der Waals surface area (Å²) in [6, 6.07) is 13.9. The van der Waals surface area contributed by atoms with E-state index < -0.39 is 18.3 Å². The van der Waals surface area contributed by atoms with Crippen LogP contribution in [0.25, 0.3) is 10.8 Å². The Morgan fingerprint density at radius 1 is 1.25 bits per heavy atom. The van der Waals surface area contributed by atoms with E-state index >= 15 is 0 Å². The van der Waals surface area contributed by atoms with E-state index in [1.807, 2.05) is 42.5 Å². The lowest BCUT2D eigenvalue weighted by molar-refractivity contribution is 0.0181. The molecule has 0 aliphatic carbocycles. The third kappa shape index (κ3) is 3.62. The summed E-state index contributed by atoms with van der Waals surface area (Å²) in [5.41, 5.74) is 5.96. The van der Waals surface area contributed by atoms with Crippen molar-refractivity contribution in [2.24, 2.45) is 5.73 Å². The van der Waals surface area contributed by atoms with Crippen LogP contribution in [0.4, 0.5) is 4.79 Å². The molecule has 2 aromatic rings. The Morgan fingerprint density at radius 3 is 2.60 bits per heavy atom. The fourth-order valence-electron chi connectivity index (χ4n) is 2.10. The minimum Gasteiger partial charge on any atom is -0.443 e. The largest absolute Gasteiger partial charge is 0.443 e. The first-order chi connectivity index (χ1) is 9.60. The normalized spacial score (nSPS) is 13.9. The summed E-state index contributed by atoms with van der Waals surface area (Å²) in [5.74, 6) is -0.0223. The van der Waals surface area contributed by atoms with E-state index in [1.165, 1.54) is 0 Å². The molecule has 1 amide bonds. The Labute approximate surface area is 122 Å². The van der Waals surface area contributed by atoms with Crippen molar-refractivity contribution >= 4 is 28.5 Å². The summed E-state index contributed by atoms with van der Waals surface area (Å²) in [6.07, 6.45) is -2.25. The average molecular weight is 294 g/mol. The van der Waals surface area contributed by atoms with Gasteiger partial charge in [0.2, 0.25) is 0 Å². The molecule has 2 atom stereocenters. The first kappa shape index (κ1) is 14.6. The molecule has 0 bridgehead atoms. The highest BCUT2D eigenvalue weighted by molar-refractivity contribution is 6.18. The molecule has 2 unspecified atom stereocenters. The minimum atomic E-state index is -0.948. The topological polar surface area (TPSA) is 72.6 Å². The molecule has 3 N–H and O–H groups in total. The third-order valence-corrected chi connectivity index (χ3v) is 3.42. The zero-order valence-electron chi connectivity index (χ0n) is 10.8. The van der Waals surface area contributed by atoms with Crippen LogP contribution in [0.1, 0.15) is 5.56 Å². The number of halogens is 1. The molecule has 0 spiro atoms. The molecule has 0 saturated carbocycles. The van der Waals surface area contributed by atoms with Gasteiger partial charge in [0.1, 0.15) is 12.2 Å². The van der Waals surface area contributed by atoms with Crippen LogP contribution in [0, 0.1) is 0 Å². The predicted octanol–water partition coefficient (Wildman–Crippen LogP) is 2.45. The van der Waals surface area contributed by atoms with Crippen molar-refractivity contribution < 1.29 is 14.6 Å². The molecule has 4 nitrogen and oxygen atoms in total. The average Bonchev–Trinajstić information content (AvgIpc) is 2.45. The number of hydrogen-bond donors (Lipinski definition) is 2. The maximum Gasteiger partial charge on any atom is 0.404 e. The highest BCUT2D eigenvalue weighted by Gasteiger charge is 2.22. The summed E-state index contributed by atoms with van der Waals surface area (Å²) < 4.78 is 4.92. The van der Waals surface area contributed by atoms with Crippen molar-refractivity contribution in [1.82, 2.24) is 0 Å². The van der Waals surface area contributed by atoms with Crippen molar-refractivity contribution in [1.29, 1.82) is 0 Å². The van der Waals surface area contributed by atoms with Crippen LogP contribution in [0.5, 0.6) is 0 Å². The Hall–Kier alpha value is -1.78. The van der Waals surface area contributed by atoms with Crippen LogP contribution in [0.15, 0.2) is 42.5 Å². The fraction of sp³-hybridized carbons (Fsp3) is 0.267. The standard InChI is InChI=1S/C15H16ClNO3/c16-9-13(18)14(20-15(17)19)8-10-5-6-11-3-1-2-4-12(11)7-10/h1-7,13-14,18H,8-9H2,(H2,17,19). The minimum absolute atomic E-state index is 0.0223. The van der Waals surface area contributed by atoms with Gasteiger partial charge >= 0.3 is 6.09 Å². The lowest BCUT2D eigenvalue weighted by Crippen LogP contribution is -2.36. The van der Waals surface area contributed by atoms with Crippen LogP contribution in [0.3, 0.4) is 0 Å². The zero-order valence-corrected chi connectivity index (χ0v) is 11.6. The van der Waals surface area contributed by atoms with Crippen molar-refractivity contribution in [3.05, 3.63) is 48.0 Å². The number of hydrogen-bond acceptors (Lipinski definition) is 3. The molecular weight excluding hydrogens is 278 g/mol. The highest BCUT2D eigenvalue weighted by atomic mass is 35.5. The van der Waals surface area contributed by atoms with E-state index in [4.69, 9.17) is 22.1 Å². The number of amides is 1. The van der Waals surface area contributed by atoms with Gasteiger partial charge in [-0.05, 0) is 16.3 Å². The number of primary amides is 1. The molecule has 0 radical (unpaired) electrons. The van der Waals surface area contributed by atoms with Gasteiger partial charge in [0, 0.05) is 6.42 Å². The molecule has 0 fully saturated rings. The lowest BCUT2D eigenvalue weighted by atomic mass is 10.0. The second-order valence-electron chi connectivity index (χ2n) is 4.58. The monoisotopic (exact) mass is 293 g/mol. The number of fused-ring (bicyclic) bond motifs is 1. The first-order valence-electron chi connectivity index (χ1n) is 6.28. The number of nitrogens with two attached hydrogens (primary N) is 1. The van der Waals surface area contributed by atoms with Gasteiger partial charge in [-0.2, -0.15) is 0 Å². The summed E-state index contributed by atoms with van der Waals surface area (Å²) in [4.78, 5) is 10.9. The molecule has 20 heavy (non-hydrogen) atoms. The van der Waals surface area contributed by atoms with Crippen molar-refractivity contribution in [2.45, 2.75) is 18.6 Å². The number of carbonyl (C=O) groups is 1. The second-order valence-corrected chi connectivity index (χ2v) is 4.89. The van der Waals surface area contributed by atoms with Gasteiger partial charge in [-0.25, -0.2) is 4.79 Å². The van der Waals surface area contributed by atoms with E-state index in [0.29, 0.717) is 6.42 Å². The van der Waals surface area contributed by atoms with Crippen LogP contribution < -0.4 is 5.73 Å². The molecular formula is C15H16ClNO3. The van der Waals surface area contributed by atoms with Gasteiger partial charge < -0.3 is 15.6 Å². The van der Waals surface area contributed by atoms with E-state index in [0.717, 1.165) is 16.3 Å². The Morgan fingerprint density at radius 2 is 1.95 bits per heavy atom. The van der Waals surface area contributed by atoms with Crippen LogP contribution in [-0.2, 0) is 11.2 Å². The second kappa shape index (κ2) is 6.59. The summed E-state index contributed by atoms with van der Waals surface area (Å²) in [6.45, 7) is 0. The number of rotatable bonds is 5. The SMILES string of the molecule is NC(=O)OC(Cc1ccc2ccccc2c1)C(O)CCl. The zero-order chi connectivity index (χ0) is 14.5. The van der Waals surface area contributed by atoms with Gasteiger partial charge in [0.25, 0.3) is 0 Å². The smallest absolute Gasteiger partial charge is 0.404 e. The van der Waals surface area contributed by atoms with Crippen LogP contribution in [0.2, 0.25) is 0 Å². The number of aliphatic hydroxyl groups excluding tert-OH is 1. The Kier molecular flexibility index (Phi) is 4.82. The lowest BCUT2D eigenvalue weighted by Gasteiger charge is -2.20.